The average Bonchev–Trinajstić information content (AvgIpc) is 3.43. The summed E-state index contributed by atoms with van der Waals surface area (Å²) in [7, 11) is 4.26. The molecular weight excluding hydrogens is 604 g/mol. The molecule has 2 bridgehead atoms. The lowest BCUT2D eigenvalue weighted by Gasteiger charge is -2.71. The van der Waals surface area contributed by atoms with Crippen molar-refractivity contribution in [1.82, 2.24) is 25.1 Å². The molecule has 1 aromatic heterocycles. The van der Waals surface area contributed by atoms with Crippen LogP contribution in [0.5, 0.6) is 0 Å². The van der Waals surface area contributed by atoms with Crippen molar-refractivity contribution in [3.05, 3.63) is 11.6 Å². The minimum Gasteiger partial charge on any atom is -0.481 e. The maximum absolute atomic E-state index is 13.5. The number of nitrogens with zero attached hydrogens (tertiary/aromatic N) is 5. The first-order valence-electron chi connectivity index (χ1n) is 18.7. The summed E-state index contributed by atoms with van der Waals surface area (Å²) >= 11 is 0. The molecule has 4 fully saturated rings. The molecule has 3 saturated carbocycles. The molecule has 10 nitrogen and oxygen atoms in total. The third-order valence-electron chi connectivity index (χ3n) is 15.6. The predicted octanol–water partition coefficient (Wildman–Crippen LogP) is 6.36. The van der Waals surface area contributed by atoms with Gasteiger partial charge in [-0.2, -0.15) is 4.80 Å². The summed E-state index contributed by atoms with van der Waals surface area (Å²) in [5.41, 5.74) is 6.21. The van der Waals surface area contributed by atoms with Crippen LogP contribution in [-0.2, 0) is 14.3 Å². The quantitative estimate of drug-likeness (QED) is 0.289. The van der Waals surface area contributed by atoms with Gasteiger partial charge in [-0.15, -0.1) is 5.10 Å². The first-order chi connectivity index (χ1) is 22.4. The fourth-order valence-corrected chi connectivity index (χ4v) is 12.6. The molecule has 0 spiro atoms. The molecule has 48 heavy (non-hydrogen) atoms. The Balaban J connectivity index is 1.51. The Morgan fingerprint density at radius 2 is 1.79 bits per heavy atom. The Bertz CT molecular complexity index is 1400. The van der Waals surface area contributed by atoms with E-state index < -0.39 is 11.9 Å². The van der Waals surface area contributed by atoms with Crippen LogP contribution in [-0.4, -0.2) is 82.2 Å². The highest BCUT2D eigenvalue weighted by Crippen LogP contribution is 2.75. The fraction of sp³-hybridized carbons (Fsp3) is 0.895. The third-order valence-corrected chi connectivity index (χ3v) is 15.6. The minimum absolute atomic E-state index is 0.0982. The number of nitrogen functional groups attached to an aromatic ring is 1. The van der Waals surface area contributed by atoms with E-state index in [1.54, 1.807) is 4.80 Å². The van der Waals surface area contributed by atoms with Gasteiger partial charge in [-0.1, -0.05) is 79.1 Å². The number of fused-ring (bicyclic) bond motifs is 3. The normalized spacial score (nSPS) is 43.7. The Kier molecular flexibility index (Phi) is 8.97. The number of carboxylic acid groups (broad SMARTS) is 1. The monoisotopic (exact) mass is 668 g/mol. The lowest BCUT2D eigenvalue weighted by Crippen LogP contribution is -2.70. The molecule has 4 aliphatic carbocycles. The molecule has 1 aliphatic heterocycles. The van der Waals surface area contributed by atoms with Gasteiger partial charge in [0, 0.05) is 11.5 Å². The van der Waals surface area contributed by atoms with Gasteiger partial charge in [0.15, 0.2) is 0 Å². The first-order valence-corrected chi connectivity index (χ1v) is 18.7. The van der Waals surface area contributed by atoms with Crippen molar-refractivity contribution < 1.29 is 19.4 Å². The number of carbonyl (C=O) groups is 1. The van der Waals surface area contributed by atoms with Crippen molar-refractivity contribution in [2.24, 2.45) is 62.6 Å². The third kappa shape index (κ3) is 4.95. The lowest BCUT2D eigenvalue weighted by molar-refractivity contribution is -0.255. The molecule has 2 heterocycles. The highest BCUT2D eigenvalue weighted by Gasteiger charge is 2.72. The van der Waals surface area contributed by atoms with Crippen LogP contribution in [0, 0.1) is 62.6 Å². The summed E-state index contributed by atoms with van der Waals surface area (Å²) in [5, 5.41) is 24.3. The maximum Gasteiger partial charge on any atom is 0.307 e. The number of anilines is 1. The van der Waals surface area contributed by atoms with Crippen molar-refractivity contribution in [1.29, 1.82) is 0 Å². The van der Waals surface area contributed by atoms with Crippen LogP contribution >= 0.6 is 0 Å². The largest absolute Gasteiger partial charge is 0.481 e. The smallest absolute Gasteiger partial charge is 0.307 e. The van der Waals surface area contributed by atoms with Crippen LogP contribution < -0.4 is 5.73 Å². The summed E-state index contributed by atoms with van der Waals surface area (Å²) in [6.45, 7) is 22.6. The van der Waals surface area contributed by atoms with Gasteiger partial charge in [0.1, 0.15) is 6.04 Å². The van der Waals surface area contributed by atoms with Crippen LogP contribution in [0.15, 0.2) is 11.6 Å². The van der Waals surface area contributed by atoms with E-state index in [1.165, 1.54) is 5.57 Å². The second-order valence-electron chi connectivity index (χ2n) is 18.6. The maximum atomic E-state index is 13.5. The van der Waals surface area contributed by atoms with E-state index >= 15 is 0 Å². The number of likely N-dealkylation sites (N-methyl/N-ethyl adjacent to an activating group) is 1. The Morgan fingerprint density at radius 1 is 1.08 bits per heavy atom. The summed E-state index contributed by atoms with van der Waals surface area (Å²) in [5.74, 6) is 0.863. The molecule has 0 unspecified atom stereocenters. The summed E-state index contributed by atoms with van der Waals surface area (Å²) in [6, 6.07) is 0.0897. The van der Waals surface area contributed by atoms with Crippen LogP contribution in [0.25, 0.3) is 0 Å². The Hall–Kier alpha value is -2.04. The first kappa shape index (κ1) is 35.8. The molecule has 10 heteroatoms. The highest BCUT2D eigenvalue weighted by molar-refractivity contribution is 5.73. The number of allylic oxidation sites excluding steroid dienone is 1. The number of carboxylic acids is 1. The SMILES string of the molecule is CC(C)[C@@H](CO[C@H]1[C@H](n2nnc(N)n2)C[C@]2(C)COC[C@@]13C1=CC[C@@]4(C)[C@H](C(=O)O)[C@@](C)([C@H](C)C(C)C)CC[C@]4(C)[C@H]1CC[C@H]23)N(C)C. The molecular formula is C38H64N6O4. The fourth-order valence-electron chi connectivity index (χ4n) is 12.6. The highest BCUT2D eigenvalue weighted by atomic mass is 16.5. The zero-order chi connectivity index (χ0) is 35.2. The molecule has 270 valence electrons. The molecule has 6 rings (SSSR count). The molecule has 5 aliphatic rings. The zero-order valence-corrected chi connectivity index (χ0v) is 31.6. The summed E-state index contributed by atoms with van der Waals surface area (Å²) in [4.78, 5) is 17.5. The molecule has 3 N–H and O–H groups in total. The minimum atomic E-state index is -0.632. The van der Waals surface area contributed by atoms with E-state index in [-0.39, 0.29) is 57.1 Å². The van der Waals surface area contributed by atoms with E-state index in [0.29, 0.717) is 43.5 Å². The Morgan fingerprint density at radius 3 is 2.38 bits per heavy atom. The van der Waals surface area contributed by atoms with Crippen molar-refractivity contribution in [2.75, 3.05) is 39.6 Å². The molecule has 1 aromatic rings. The lowest BCUT2D eigenvalue weighted by atomic mass is 9.34. The van der Waals surface area contributed by atoms with E-state index in [4.69, 9.17) is 15.2 Å². The number of tetrazole rings is 1. The van der Waals surface area contributed by atoms with Gasteiger partial charge in [-0.3, -0.25) is 4.79 Å². The van der Waals surface area contributed by atoms with Crippen LogP contribution in [0.2, 0.25) is 0 Å². The Labute approximate surface area is 288 Å². The van der Waals surface area contributed by atoms with Gasteiger partial charge in [0.25, 0.3) is 5.95 Å². The van der Waals surface area contributed by atoms with E-state index in [2.05, 4.69) is 103 Å². The number of aliphatic carboxylic acids is 1. The van der Waals surface area contributed by atoms with E-state index in [9.17, 15) is 9.90 Å². The molecule has 0 radical (unpaired) electrons. The second kappa shape index (κ2) is 12.0. The molecule has 0 amide bonds. The van der Waals surface area contributed by atoms with Crippen molar-refractivity contribution >= 4 is 11.9 Å². The van der Waals surface area contributed by atoms with Crippen molar-refractivity contribution in [2.45, 2.75) is 119 Å². The summed E-state index contributed by atoms with van der Waals surface area (Å²) < 4.78 is 14.0. The zero-order valence-electron chi connectivity index (χ0n) is 31.6. The van der Waals surface area contributed by atoms with E-state index in [1.807, 2.05) is 0 Å². The van der Waals surface area contributed by atoms with Gasteiger partial charge in [-0.05, 0) is 109 Å². The van der Waals surface area contributed by atoms with Crippen LogP contribution in [0.1, 0.15) is 107 Å². The average molecular weight is 669 g/mol. The van der Waals surface area contributed by atoms with Crippen LogP contribution in [0.3, 0.4) is 0 Å². The van der Waals surface area contributed by atoms with E-state index in [0.717, 1.165) is 38.5 Å². The second-order valence-corrected chi connectivity index (χ2v) is 18.6. The van der Waals surface area contributed by atoms with Gasteiger partial charge in [-0.25, -0.2) is 0 Å². The number of hydrogen-bond acceptors (Lipinski definition) is 8. The van der Waals surface area contributed by atoms with Gasteiger partial charge < -0.3 is 25.2 Å². The topological polar surface area (TPSA) is 129 Å². The molecule has 1 saturated heterocycles. The van der Waals surface area contributed by atoms with Crippen molar-refractivity contribution in [3.63, 3.8) is 0 Å². The van der Waals surface area contributed by atoms with Crippen LogP contribution in [0.4, 0.5) is 5.95 Å². The standard InChI is InChI=1S/C38H64N6O4/c1-22(2)24(5)35(7)16-17-36(8)25-12-13-29-34(6)18-27(44-41-33(39)40-42-44)31(48-19-28(23(3)4)43(10)11)38(29,21-47-20-34)26(25)14-15-37(36,9)30(35)32(45)46/h14,22-25,27-31H,12-13,15-21H2,1-11H3,(H2,39,41)(H,45,46)/t24-,25+,27-,28-,29-,30-,31+,34-,35-,36-,37+,38+/m1/s1. The molecule has 12 atom stereocenters. The number of aromatic nitrogens is 4. The number of ether oxygens (including phenoxy) is 2. The predicted molar refractivity (Wildman–Crippen MR) is 187 cm³/mol. The van der Waals surface area contributed by atoms with Gasteiger partial charge in [0.05, 0.1) is 31.8 Å². The number of rotatable bonds is 9. The van der Waals surface area contributed by atoms with Gasteiger partial charge >= 0.3 is 5.97 Å². The van der Waals surface area contributed by atoms with Gasteiger partial charge in [0.2, 0.25) is 0 Å². The number of hydrogen-bond donors (Lipinski definition) is 2. The molecule has 0 aromatic carbocycles. The number of nitrogens with two attached hydrogens (primary N) is 1. The summed E-state index contributed by atoms with van der Waals surface area (Å²) in [6.07, 6.45) is 7.92. The van der Waals surface area contributed by atoms with Crippen molar-refractivity contribution in [3.8, 4) is 0 Å².